The molecule has 0 atom stereocenters. The minimum Gasteiger partial charge on any atom is -0.372 e. The molecule has 0 saturated carbocycles. The number of nitrogens with one attached hydrogen (secondary N) is 2. The van der Waals surface area contributed by atoms with Crippen LogP contribution in [0.1, 0.15) is 24.3 Å². The van der Waals surface area contributed by atoms with E-state index in [-0.39, 0.29) is 5.91 Å². The van der Waals surface area contributed by atoms with E-state index in [1.165, 1.54) is 5.69 Å². The number of hydrogen-bond acceptors (Lipinski definition) is 2. The lowest BCUT2D eigenvalue weighted by atomic mass is 10.2. The second kappa shape index (κ2) is 6.57. The lowest BCUT2D eigenvalue weighted by molar-refractivity contribution is 0.102. The molecule has 1 heterocycles. The van der Waals surface area contributed by atoms with Gasteiger partial charge >= 0.3 is 0 Å². The first-order valence-electron chi connectivity index (χ1n) is 7.95. The summed E-state index contributed by atoms with van der Waals surface area (Å²) < 4.78 is 0. The number of H-pyrrole nitrogens is 1. The van der Waals surface area contributed by atoms with E-state index in [1.54, 1.807) is 0 Å². The third kappa shape index (κ3) is 3.21. The van der Waals surface area contributed by atoms with Gasteiger partial charge in [-0.05, 0) is 50.2 Å². The summed E-state index contributed by atoms with van der Waals surface area (Å²) in [5.41, 5.74) is 3.50. The highest BCUT2D eigenvalue weighted by molar-refractivity contribution is 6.05. The van der Waals surface area contributed by atoms with E-state index in [1.807, 2.05) is 54.6 Å². The molecule has 0 saturated heterocycles. The van der Waals surface area contributed by atoms with Gasteiger partial charge in [-0.25, -0.2) is 0 Å². The molecule has 2 N–H and O–H groups in total. The second-order valence-corrected chi connectivity index (χ2v) is 5.44. The number of anilines is 2. The van der Waals surface area contributed by atoms with Crippen LogP contribution in [0.2, 0.25) is 0 Å². The molecule has 1 aromatic heterocycles. The highest BCUT2D eigenvalue weighted by atomic mass is 16.1. The normalized spacial score (nSPS) is 10.7. The number of fused-ring (bicyclic) bond motifs is 1. The Balaban J connectivity index is 1.74. The molecule has 1 amide bonds. The summed E-state index contributed by atoms with van der Waals surface area (Å²) >= 11 is 0. The van der Waals surface area contributed by atoms with Crippen molar-refractivity contribution in [3.63, 3.8) is 0 Å². The molecule has 3 rings (SSSR count). The van der Waals surface area contributed by atoms with E-state index in [9.17, 15) is 4.79 Å². The fraction of sp³-hybridized carbons (Fsp3) is 0.211. The molecule has 4 nitrogen and oxygen atoms in total. The van der Waals surface area contributed by atoms with Crippen LogP contribution in [0.25, 0.3) is 10.9 Å². The summed E-state index contributed by atoms with van der Waals surface area (Å²) in [6.07, 6.45) is 0. The molecule has 3 aromatic rings. The lowest BCUT2D eigenvalue weighted by Crippen LogP contribution is -2.21. The number of carbonyl (C=O) groups excluding carboxylic acids is 1. The number of hydrogen-bond donors (Lipinski definition) is 2. The smallest absolute Gasteiger partial charge is 0.272 e. The quantitative estimate of drug-likeness (QED) is 0.739. The highest BCUT2D eigenvalue weighted by Gasteiger charge is 2.10. The molecule has 0 aliphatic rings. The molecule has 118 valence electrons. The molecular weight excluding hydrogens is 286 g/mol. The molecule has 0 spiro atoms. The summed E-state index contributed by atoms with van der Waals surface area (Å²) in [6, 6.07) is 17.7. The fourth-order valence-corrected chi connectivity index (χ4v) is 2.74. The van der Waals surface area contributed by atoms with E-state index in [4.69, 9.17) is 0 Å². The fourth-order valence-electron chi connectivity index (χ4n) is 2.74. The van der Waals surface area contributed by atoms with Crippen LogP contribution in [0.4, 0.5) is 11.4 Å². The first-order chi connectivity index (χ1) is 11.2. The zero-order chi connectivity index (χ0) is 16.2. The number of carbonyl (C=O) groups is 1. The minimum atomic E-state index is -0.128. The Labute approximate surface area is 136 Å². The number of para-hydroxylation sites is 1. The Morgan fingerprint density at radius 2 is 1.74 bits per heavy atom. The van der Waals surface area contributed by atoms with Gasteiger partial charge in [0.25, 0.3) is 5.91 Å². The standard InChI is InChI=1S/C19H21N3O/c1-3-22(4-2)16-11-9-15(10-12-16)20-19(23)18-13-14-7-5-6-8-17(14)21-18/h5-13,21H,3-4H2,1-2H3,(H,20,23). The van der Waals surface area contributed by atoms with Crippen LogP contribution in [0.5, 0.6) is 0 Å². The summed E-state index contributed by atoms with van der Waals surface area (Å²) in [5.74, 6) is -0.128. The first-order valence-corrected chi connectivity index (χ1v) is 7.95. The maximum absolute atomic E-state index is 12.4. The maximum Gasteiger partial charge on any atom is 0.272 e. The van der Waals surface area contributed by atoms with Crippen LogP contribution in [0.15, 0.2) is 54.6 Å². The first kappa shape index (κ1) is 15.2. The van der Waals surface area contributed by atoms with Crippen molar-refractivity contribution in [2.45, 2.75) is 13.8 Å². The predicted octanol–water partition coefficient (Wildman–Crippen LogP) is 4.27. The minimum absolute atomic E-state index is 0.128. The average molecular weight is 307 g/mol. The number of benzene rings is 2. The van der Waals surface area contributed by atoms with Crippen molar-refractivity contribution in [2.24, 2.45) is 0 Å². The number of rotatable bonds is 5. The second-order valence-electron chi connectivity index (χ2n) is 5.44. The summed E-state index contributed by atoms with van der Waals surface area (Å²) in [4.78, 5) is 17.8. The van der Waals surface area contributed by atoms with Gasteiger partial charge in [-0.15, -0.1) is 0 Å². The van der Waals surface area contributed by atoms with Crippen LogP contribution in [0, 0.1) is 0 Å². The Bertz CT molecular complexity index is 768. The molecule has 0 aliphatic heterocycles. The molecule has 4 heteroatoms. The van der Waals surface area contributed by atoms with Gasteiger partial charge in [-0.1, -0.05) is 18.2 Å². The van der Waals surface area contributed by atoms with Gasteiger partial charge in [0.05, 0.1) is 0 Å². The van der Waals surface area contributed by atoms with Gasteiger partial charge < -0.3 is 15.2 Å². The number of nitrogens with zero attached hydrogens (tertiary/aromatic N) is 1. The van der Waals surface area contributed by atoms with Crippen molar-refractivity contribution in [1.29, 1.82) is 0 Å². The Kier molecular flexibility index (Phi) is 4.33. The molecule has 0 aliphatic carbocycles. The van der Waals surface area contributed by atoms with Crippen molar-refractivity contribution in [1.82, 2.24) is 4.98 Å². The summed E-state index contributed by atoms with van der Waals surface area (Å²) in [5, 5.41) is 3.97. The Morgan fingerprint density at radius 3 is 2.39 bits per heavy atom. The van der Waals surface area contributed by atoms with Gasteiger partial charge in [0.2, 0.25) is 0 Å². The van der Waals surface area contributed by atoms with Crippen molar-refractivity contribution in [3.05, 3.63) is 60.3 Å². The third-order valence-corrected chi connectivity index (χ3v) is 4.03. The molecule has 0 bridgehead atoms. The number of amides is 1. The van der Waals surface area contributed by atoms with Crippen molar-refractivity contribution in [3.8, 4) is 0 Å². The van der Waals surface area contributed by atoms with Gasteiger partial charge in [-0.2, -0.15) is 0 Å². The average Bonchev–Trinajstić information content (AvgIpc) is 3.02. The largest absolute Gasteiger partial charge is 0.372 e. The van der Waals surface area contributed by atoms with Gasteiger partial charge in [-0.3, -0.25) is 4.79 Å². The third-order valence-electron chi connectivity index (χ3n) is 4.03. The molecule has 2 aromatic carbocycles. The summed E-state index contributed by atoms with van der Waals surface area (Å²) in [7, 11) is 0. The van der Waals surface area contributed by atoms with E-state index in [2.05, 4.69) is 29.0 Å². The number of aromatic nitrogens is 1. The molecule has 23 heavy (non-hydrogen) atoms. The van der Waals surface area contributed by atoms with E-state index >= 15 is 0 Å². The zero-order valence-corrected chi connectivity index (χ0v) is 13.5. The van der Waals surface area contributed by atoms with E-state index in [0.29, 0.717) is 5.69 Å². The molecule has 0 fully saturated rings. The van der Waals surface area contributed by atoms with Crippen LogP contribution in [-0.4, -0.2) is 24.0 Å². The predicted molar refractivity (Wildman–Crippen MR) is 96.3 cm³/mol. The lowest BCUT2D eigenvalue weighted by Gasteiger charge is -2.21. The molecule has 0 radical (unpaired) electrons. The van der Waals surface area contributed by atoms with Crippen LogP contribution < -0.4 is 10.2 Å². The van der Waals surface area contributed by atoms with Crippen LogP contribution >= 0.6 is 0 Å². The SMILES string of the molecule is CCN(CC)c1ccc(NC(=O)c2cc3ccccc3[nH]2)cc1. The Hall–Kier alpha value is -2.75. The summed E-state index contributed by atoms with van der Waals surface area (Å²) in [6.45, 7) is 6.21. The maximum atomic E-state index is 12.4. The molecule has 0 unspecified atom stereocenters. The van der Waals surface area contributed by atoms with Crippen molar-refractivity contribution < 1.29 is 4.79 Å². The topological polar surface area (TPSA) is 48.1 Å². The monoisotopic (exact) mass is 307 g/mol. The van der Waals surface area contributed by atoms with Crippen LogP contribution in [-0.2, 0) is 0 Å². The van der Waals surface area contributed by atoms with Gasteiger partial charge in [0.1, 0.15) is 5.69 Å². The highest BCUT2D eigenvalue weighted by Crippen LogP contribution is 2.19. The van der Waals surface area contributed by atoms with Gasteiger partial charge in [0.15, 0.2) is 0 Å². The van der Waals surface area contributed by atoms with Crippen molar-refractivity contribution >= 4 is 28.2 Å². The number of aromatic amines is 1. The zero-order valence-electron chi connectivity index (χ0n) is 13.5. The van der Waals surface area contributed by atoms with E-state index < -0.39 is 0 Å². The van der Waals surface area contributed by atoms with Crippen LogP contribution in [0.3, 0.4) is 0 Å². The van der Waals surface area contributed by atoms with Crippen molar-refractivity contribution in [2.75, 3.05) is 23.3 Å². The molecular formula is C19H21N3O. The van der Waals surface area contributed by atoms with E-state index in [0.717, 1.165) is 29.7 Å². The Morgan fingerprint density at radius 1 is 1.04 bits per heavy atom. The van der Waals surface area contributed by atoms with Gasteiger partial charge in [0, 0.05) is 35.4 Å².